The lowest BCUT2D eigenvalue weighted by molar-refractivity contribution is 0.834. The molecule has 1 aromatic carbocycles. The molecule has 1 aromatic heterocycles. The second kappa shape index (κ2) is 9.11. The quantitative estimate of drug-likeness (QED) is 0.372. The Hall–Kier alpha value is -2.29. The predicted octanol–water partition coefficient (Wildman–Crippen LogP) is 2.82. The molecule has 0 aliphatic heterocycles. The van der Waals surface area contributed by atoms with Crippen molar-refractivity contribution in [2.24, 2.45) is 5.10 Å². The van der Waals surface area contributed by atoms with Gasteiger partial charge in [-0.2, -0.15) is 5.10 Å². The smallest absolute Gasteiger partial charge is 0.205 e. The fraction of sp³-hybridized carbons (Fsp3) is 0.0667. The second-order valence-corrected chi connectivity index (χ2v) is 5.82. The molecule has 2 rings (SSSR count). The number of thiocarbonyl (C=S) groups is 2. The number of nitrogens with zero attached hydrogens (tertiary/aromatic N) is 2. The molecule has 124 valence electrons. The summed E-state index contributed by atoms with van der Waals surface area (Å²) in [4.78, 5) is 4.19. The van der Waals surface area contributed by atoms with E-state index in [1.165, 1.54) is 0 Å². The van der Waals surface area contributed by atoms with E-state index in [1.54, 1.807) is 18.3 Å². The summed E-state index contributed by atoms with van der Waals surface area (Å²) in [6.07, 6.45) is 1.70. The van der Waals surface area contributed by atoms with Crippen LogP contribution >= 0.6 is 36.0 Å². The third-order valence-electron chi connectivity index (χ3n) is 2.75. The molecule has 6 nitrogen and oxygen atoms in total. The number of rotatable bonds is 3. The maximum absolute atomic E-state index is 5.82. The van der Waals surface area contributed by atoms with Crippen LogP contribution in [-0.4, -0.2) is 20.9 Å². The van der Waals surface area contributed by atoms with Crippen LogP contribution in [0.15, 0.2) is 53.8 Å². The zero-order valence-corrected chi connectivity index (χ0v) is 15.1. The molecule has 0 atom stereocenters. The van der Waals surface area contributed by atoms with Crippen LogP contribution in [0.2, 0.25) is 5.02 Å². The molecule has 1 heterocycles. The van der Waals surface area contributed by atoms with Gasteiger partial charge in [0, 0.05) is 16.9 Å². The van der Waals surface area contributed by atoms with Crippen molar-refractivity contribution >= 4 is 57.7 Å². The minimum Gasteiger partial charge on any atom is -0.331 e. The Balaban J connectivity index is 1.76. The van der Waals surface area contributed by atoms with Crippen LogP contribution in [0.5, 0.6) is 0 Å². The third kappa shape index (κ3) is 6.07. The summed E-state index contributed by atoms with van der Waals surface area (Å²) < 4.78 is 0. The van der Waals surface area contributed by atoms with Gasteiger partial charge >= 0.3 is 0 Å². The lowest BCUT2D eigenvalue weighted by Gasteiger charge is -2.13. The molecule has 2 aromatic rings. The van der Waals surface area contributed by atoms with Gasteiger partial charge in [-0.15, -0.1) is 0 Å². The highest BCUT2D eigenvalue weighted by atomic mass is 35.5. The van der Waals surface area contributed by atoms with Crippen LogP contribution in [-0.2, 0) is 0 Å². The zero-order valence-electron chi connectivity index (χ0n) is 12.7. The van der Waals surface area contributed by atoms with Gasteiger partial charge in [0.25, 0.3) is 0 Å². The summed E-state index contributed by atoms with van der Waals surface area (Å²) in [7, 11) is 0. The molecule has 0 aliphatic rings. The minimum atomic E-state index is 0.269. The Labute approximate surface area is 155 Å². The molecule has 0 bridgehead atoms. The molecule has 0 unspecified atom stereocenters. The molecule has 0 spiro atoms. The summed E-state index contributed by atoms with van der Waals surface area (Å²) in [5.74, 6) is 0. The van der Waals surface area contributed by atoms with Gasteiger partial charge in [-0.1, -0.05) is 17.7 Å². The van der Waals surface area contributed by atoms with E-state index < -0.39 is 0 Å². The van der Waals surface area contributed by atoms with Gasteiger partial charge in [0.05, 0.1) is 11.4 Å². The molecule has 0 saturated heterocycles. The number of aromatic nitrogens is 1. The van der Waals surface area contributed by atoms with Crippen molar-refractivity contribution in [3.05, 3.63) is 59.4 Å². The third-order valence-corrected chi connectivity index (χ3v) is 3.40. The number of benzene rings is 1. The van der Waals surface area contributed by atoms with Crippen LogP contribution in [0.4, 0.5) is 5.69 Å². The number of hydrazine groups is 1. The SMILES string of the molecule is C/C(=N\NC(=S)NNC(=S)Nc1ccc(Cl)cc1)c1ccccn1. The van der Waals surface area contributed by atoms with Crippen molar-refractivity contribution in [1.82, 2.24) is 21.3 Å². The van der Waals surface area contributed by atoms with E-state index >= 15 is 0 Å². The van der Waals surface area contributed by atoms with Crippen molar-refractivity contribution in [3.8, 4) is 0 Å². The largest absolute Gasteiger partial charge is 0.331 e. The Morgan fingerprint density at radius 2 is 1.75 bits per heavy atom. The first-order valence-electron chi connectivity index (χ1n) is 6.89. The average Bonchev–Trinajstić information content (AvgIpc) is 2.60. The summed E-state index contributed by atoms with van der Waals surface area (Å²) in [6, 6.07) is 12.7. The number of pyridine rings is 1. The van der Waals surface area contributed by atoms with Crippen LogP contribution in [0.3, 0.4) is 0 Å². The number of nitrogens with one attached hydrogen (secondary N) is 4. The van der Waals surface area contributed by atoms with E-state index in [0.29, 0.717) is 15.8 Å². The second-order valence-electron chi connectivity index (χ2n) is 4.56. The summed E-state index contributed by atoms with van der Waals surface area (Å²) >= 11 is 16.1. The molecular formula is C15H15ClN6S2. The van der Waals surface area contributed by atoms with E-state index in [1.807, 2.05) is 37.3 Å². The number of hydrogen-bond donors (Lipinski definition) is 4. The highest BCUT2D eigenvalue weighted by molar-refractivity contribution is 7.80. The first-order chi connectivity index (χ1) is 11.5. The Morgan fingerprint density at radius 3 is 2.42 bits per heavy atom. The number of hydrogen-bond acceptors (Lipinski definition) is 4. The van der Waals surface area contributed by atoms with E-state index in [0.717, 1.165) is 11.4 Å². The topological polar surface area (TPSA) is 73.4 Å². The summed E-state index contributed by atoms with van der Waals surface area (Å²) in [5.41, 5.74) is 10.5. The van der Waals surface area contributed by atoms with E-state index in [9.17, 15) is 0 Å². The van der Waals surface area contributed by atoms with Gasteiger partial charge in [0.2, 0.25) is 5.11 Å². The number of halogens is 1. The van der Waals surface area contributed by atoms with Gasteiger partial charge in [0.1, 0.15) is 0 Å². The minimum absolute atomic E-state index is 0.269. The number of hydrazone groups is 1. The van der Waals surface area contributed by atoms with Gasteiger partial charge in [-0.3, -0.25) is 21.3 Å². The molecule has 0 aliphatic carbocycles. The van der Waals surface area contributed by atoms with E-state index in [4.69, 9.17) is 36.0 Å². The van der Waals surface area contributed by atoms with Crippen LogP contribution in [0.25, 0.3) is 0 Å². The summed E-state index contributed by atoms with van der Waals surface area (Å²) in [5, 5.41) is 8.41. The molecule has 0 radical (unpaired) electrons. The summed E-state index contributed by atoms with van der Waals surface area (Å²) in [6.45, 7) is 1.83. The van der Waals surface area contributed by atoms with Crippen LogP contribution in [0, 0.1) is 0 Å². The van der Waals surface area contributed by atoms with Gasteiger partial charge < -0.3 is 5.32 Å². The van der Waals surface area contributed by atoms with E-state index in [-0.39, 0.29) is 5.11 Å². The normalized spacial score (nSPS) is 10.7. The van der Waals surface area contributed by atoms with Gasteiger partial charge in [-0.05, 0) is 67.8 Å². The maximum Gasteiger partial charge on any atom is 0.205 e. The van der Waals surface area contributed by atoms with Crippen molar-refractivity contribution in [2.75, 3.05) is 5.32 Å². The molecule has 24 heavy (non-hydrogen) atoms. The van der Waals surface area contributed by atoms with Crippen LogP contribution in [0.1, 0.15) is 12.6 Å². The van der Waals surface area contributed by atoms with Gasteiger partial charge in [0.15, 0.2) is 5.11 Å². The molecular weight excluding hydrogens is 364 g/mol. The molecule has 0 amide bonds. The molecule has 0 saturated carbocycles. The van der Waals surface area contributed by atoms with Crippen molar-refractivity contribution in [1.29, 1.82) is 0 Å². The molecule has 9 heteroatoms. The zero-order chi connectivity index (χ0) is 17.4. The van der Waals surface area contributed by atoms with Crippen molar-refractivity contribution in [3.63, 3.8) is 0 Å². The fourth-order valence-corrected chi connectivity index (χ4v) is 2.00. The molecule has 4 N–H and O–H groups in total. The van der Waals surface area contributed by atoms with Gasteiger partial charge in [-0.25, -0.2) is 0 Å². The first kappa shape index (κ1) is 18.1. The standard InChI is InChI=1S/C15H15ClN6S2/c1-10(13-4-2-3-9-17-13)19-21-15(24)22-20-14(23)18-12-7-5-11(16)6-8-12/h2-9H,1H3,(H2,18,20,23)(H2,21,22,24)/b19-10+. The highest BCUT2D eigenvalue weighted by Gasteiger charge is 2.00. The average molecular weight is 379 g/mol. The number of anilines is 1. The van der Waals surface area contributed by atoms with E-state index in [2.05, 4.69) is 31.7 Å². The Morgan fingerprint density at radius 1 is 1.04 bits per heavy atom. The predicted molar refractivity (Wildman–Crippen MR) is 106 cm³/mol. The molecule has 0 fully saturated rings. The monoisotopic (exact) mass is 378 g/mol. The first-order valence-corrected chi connectivity index (χ1v) is 8.08. The Bertz CT molecular complexity index is 733. The van der Waals surface area contributed by atoms with Crippen molar-refractivity contribution < 1.29 is 0 Å². The van der Waals surface area contributed by atoms with Crippen LogP contribution < -0.4 is 21.6 Å². The highest BCUT2D eigenvalue weighted by Crippen LogP contribution is 2.12. The lowest BCUT2D eigenvalue weighted by atomic mass is 10.3. The Kier molecular flexibility index (Phi) is 6.86. The van der Waals surface area contributed by atoms with Crippen molar-refractivity contribution in [2.45, 2.75) is 6.92 Å². The fourth-order valence-electron chi connectivity index (χ4n) is 1.61. The maximum atomic E-state index is 5.82. The lowest BCUT2D eigenvalue weighted by Crippen LogP contribution is -2.47.